The SMILES string of the molecule is CCOc1cc(F)c(CN2C3C=CC=CC3=C(c3ncc(CCCN4CCC(F)(F)CC4)c(Nc4ccncc4)n3)N2C)c(F)c1. The molecule has 0 bridgehead atoms. The molecule has 0 amide bonds. The van der Waals surface area contributed by atoms with Gasteiger partial charge in [0.15, 0.2) is 5.82 Å². The molecule has 6 rings (SSSR count). The minimum Gasteiger partial charge on any atom is -0.494 e. The number of anilines is 2. The van der Waals surface area contributed by atoms with Crippen molar-refractivity contribution >= 4 is 17.2 Å². The topological polar surface area (TPSA) is 69.6 Å². The Morgan fingerprint density at radius 3 is 2.52 bits per heavy atom. The van der Waals surface area contributed by atoms with Crippen LogP contribution >= 0.6 is 0 Å². The summed E-state index contributed by atoms with van der Waals surface area (Å²) in [5, 5.41) is 7.13. The molecule has 1 fully saturated rings. The molecule has 1 aromatic carbocycles. The maximum Gasteiger partial charge on any atom is 0.250 e. The third-order valence-electron chi connectivity index (χ3n) is 8.58. The molecule has 2 aromatic heterocycles. The molecule has 46 heavy (non-hydrogen) atoms. The van der Waals surface area contributed by atoms with Crippen LogP contribution in [0.3, 0.4) is 0 Å². The minimum absolute atomic E-state index is 0.0287. The molecule has 1 N–H and O–H groups in total. The Bertz CT molecular complexity index is 1610. The molecular weight excluding hydrogens is 598 g/mol. The number of piperidine rings is 1. The molecule has 0 saturated carbocycles. The molecule has 1 saturated heterocycles. The predicted molar refractivity (Wildman–Crippen MR) is 168 cm³/mol. The number of hydrogen-bond acceptors (Lipinski definition) is 8. The van der Waals surface area contributed by atoms with Gasteiger partial charge in [0.05, 0.1) is 19.2 Å². The summed E-state index contributed by atoms with van der Waals surface area (Å²) in [4.78, 5) is 15.9. The van der Waals surface area contributed by atoms with E-state index in [1.165, 1.54) is 12.1 Å². The van der Waals surface area contributed by atoms with E-state index >= 15 is 8.78 Å². The second-order valence-corrected chi connectivity index (χ2v) is 11.6. The molecule has 0 radical (unpaired) electrons. The number of aromatic nitrogens is 3. The van der Waals surface area contributed by atoms with Crippen LogP contribution in [0.5, 0.6) is 5.75 Å². The highest BCUT2D eigenvalue weighted by Gasteiger charge is 2.38. The Balaban J connectivity index is 1.26. The summed E-state index contributed by atoms with van der Waals surface area (Å²) < 4.78 is 62.8. The van der Waals surface area contributed by atoms with Crippen molar-refractivity contribution < 1.29 is 22.3 Å². The lowest BCUT2D eigenvalue weighted by atomic mass is 10.0. The summed E-state index contributed by atoms with van der Waals surface area (Å²) >= 11 is 0. The van der Waals surface area contributed by atoms with Crippen LogP contribution in [-0.2, 0) is 13.0 Å². The van der Waals surface area contributed by atoms with Gasteiger partial charge in [0.25, 0.3) is 5.92 Å². The molecule has 12 heteroatoms. The number of likely N-dealkylation sites (tertiary alicyclic amines) is 1. The first-order valence-electron chi connectivity index (χ1n) is 15.6. The molecule has 3 aromatic rings. The Labute approximate surface area is 266 Å². The van der Waals surface area contributed by atoms with E-state index in [9.17, 15) is 8.78 Å². The van der Waals surface area contributed by atoms with Crippen LogP contribution in [0.2, 0.25) is 0 Å². The highest BCUT2D eigenvalue weighted by atomic mass is 19.3. The molecular formula is C34H37F4N7O. The molecule has 242 valence electrons. The van der Waals surface area contributed by atoms with Crippen molar-refractivity contribution in [1.29, 1.82) is 0 Å². The number of nitrogens with zero attached hydrogens (tertiary/aromatic N) is 6. The quantitative estimate of drug-likeness (QED) is 0.239. The van der Waals surface area contributed by atoms with E-state index < -0.39 is 17.6 Å². The zero-order chi connectivity index (χ0) is 32.3. The van der Waals surface area contributed by atoms with E-state index in [0.717, 1.165) is 28.9 Å². The number of benzene rings is 1. The number of rotatable bonds is 11. The van der Waals surface area contributed by atoms with Crippen molar-refractivity contribution in [3.8, 4) is 5.75 Å². The van der Waals surface area contributed by atoms with Crippen LogP contribution in [0, 0.1) is 11.6 Å². The average molecular weight is 636 g/mol. The number of alkyl halides is 2. The van der Waals surface area contributed by atoms with Gasteiger partial charge in [-0.2, -0.15) is 0 Å². The van der Waals surface area contributed by atoms with Crippen molar-refractivity contribution in [3.05, 3.63) is 101 Å². The van der Waals surface area contributed by atoms with Crippen LogP contribution < -0.4 is 10.1 Å². The fraction of sp³-hybridized carbons (Fsp3) is 0.382. The second-order valence-electron chi connectivity index (χ2n) is 11.6. The molecule has 0 spiro atoms. The Hall–Kier alpha value is -4.29. The summed E-state index contributed by atoms with van der Waals surface area (Å²) in [5.74, 6) is -2.70. The van der Waals surface area contributed by atoms with Gasteiger partial charge in [0.2, 0.25) is 0 Å². The lowest BCUT2D eigenvalue weighted by Gasteiger charge is -2.32. The lowest BCUT2D eigenvalue weighted by Crippen LogP contribution is -2.39. The molecule has 1 unspecified atom stereocenters. The van der Waals surface area contributed by atoms with Crippen molar-refractivity contribution in [2.45, 2.75) is 51.1 Å². The maximum absolute atomic E-state index is 15.1. The third kappa shape index (κ3) is 6.92. The lowest BCUT2D eigenvalue weighted by molar-refractivity contribution is -0.0551. The van der Waals surface area contributed by atoms with Crippen LogP contribution in [0.1, 0.15) is 43.1 Å². The zero-order valence-electron chi connectivity index (χ0n) is 25.9. The largest absolute Gasteiger partial charge is 0.494 e. The Morgan fingerprint density at radius 1 is 1.07 bits per heavy atom. The molecule has 8 nitrogen and oxygen atoms in total. The van der Waals surface area contributed by atoms with E-state index in [0.29, 0.717) is 44.3 Å². The minimum atomic E-state index is -2.57. The van der Waals surface area contributed by atoms with Crippen molar-refractivity contribution in [3.63, 3.8) is 0 Å². The number of allylic oxidation sites excluding steroid dienone is 2. The fourth-order valence-corrected chi connectivity index (χ4v) is 6.11. The van der Waals surface area contributed by atoms with Crippen LogP contribution in [0.4, 0.5) is 29.1 Å². The molecule has 1 atom stereocenters. The molecule has 4 heterocycles. The number of hydrogen-bond donors (Lipinski definition) is 1. The number of ether oxygens (including phenoxy) is 1. The maximum atomic E-state index is 15.1. The van der Waals surface area contributed by atoms with Gasteiger partial charge < -0.3 is 20.0 Å². The highest BCUT2D eigenvalue weighted by molar-refractivity contribution is 5.72. The second kappa shape index (κ2) is 13.6. The van der Waals surface area contributed by atoms with Crippen molar-refractivity contribution in [2.75, 3.05) is 38.6 Å². The van der Waals surface area contributed by atoms with Crippen LogP contribution in [0.15, 0.2) is 72.7 Å². The molecule has 1 aliphatic carbocycles. The van der Waals surface area contributed by atoms with Gasteiger partial charge >= 0.3 is 0 Å². The monoisotopic (exact) mass is 635 g/mol. The first-order valence-corrected chi connectivity index (χ1v) is 15.6. The average Bonchev–Trinajstić information content (AvgIpc) is 3.31. The summed E-state index contributed by atoms with van der Waals surface area (Å²) in [5.41, 5.74) is 3.25. The summed E-state index contributed by atoms with van der Waals surface area (Å²) in [6, 6.07) is 5.82. The molecule has 2 aliphatic heterocycles. The number of pyridine rings is 1. The summed E-state index contributed by atoms with van der Waals surface area (Å²) in [6.07, 6.45) is 14.1. The van der Waals surface area contributed by atoms with Gasteiger partial charge in [-0.05, 0) is 38.4 Å². The fourth-order valence-electron chi connectivity index (χ4n) is 6.11. The normalized spacial score (nSPS) is 19.5. The van der Waals surface area contributed by atoms with Crippen molar-refractivity contribution in [1.82, 2.24) is 29.9 Å². The van der Waals surface area contributed by atoms with Gasteiger partial charge in [0, 0.05) is 86.1 Å². The first kappa shape index (κ1) is 31.7. The standard InChI is InChI=1S/C34H37F4N7O/c1-3-46-25-19-28(35)27(29(36)20-25)22-45-30-9-5-4-8-26(30)31(43(45)2)33-40-21-23(32(42-33)41-24-10-14-39-15-11-24)7-6-16-44-17-12-34(37,38)13-18-44/h4-5,8-11,14-15,19-21,30H,3,6-7,12-13,16-18,22H2,1-2H3,(H,39,40,41,42). The van der Waals surface area contributed by atoms with E-state index in [4.69, 9.17) is 14.7 Å². The smallest absolute Gasteiger partial charge is 0.250 e. The van der Waals surface area contributed by atoms with E-state index in [2.05, 4.69) is 15.2 Å². The number of hydrazine groups is 1. The first-order chi connectivity index (χ1) is 22.2. The van der Waals surface area contributed by atoms with Gasteiger partial charge in [-0.25, -0.2) is 32.5 Å². The van der Waals surface area contributed by atoms with E-state index in [-0.39, 0.29) is 36.7 Å². The number of aryl methyl sites for hydroxylation is 1. The predicted octanol–water partition coefficient (Wildman–Crippen LogP) is 6.52. The third-order valence-corrected chi connectivity index (χ3v) is 8.58. The Kier molecular flexibility index (Phi) is 9.37. The summed E-state index contributed by atoms with van der Waals surface area (Å²) in [6.45, 7) is 3.51. The highest BCUT2D eigenvalue weighted by Crippen LogP contribution is 2.39. The number of nitrogens with one attached hydrogen (secondary N) is 1. The van der Waals surface area contributed by atoms with Crippen LogP contribution in [0.25, 0.3) is 5.70 Å². The molecule has 3 aliphatic rings. The number of halogens is 4. The number of fused-ring (bicyclic) bond motifs is 1. The Morgan fingerprint density at radius 2 is 1.80 bits per heavy atom. The van der Waals surface area contributed by atoms with Crippen LogP contribution in [-0.4, -0.2) is 75.1 Å². The van der Waals surface area contributed by atoms with Gasteiger partial charge in [-0.3, -0.25) is 4.98 Å². The van der Waals surface area contributed by atoms with E-state index in [1.807, 2.05) is 53.5 Å². The van der Waals surface area contributed by atoms with Gasteiger partial charge in [-0.15, -0.1) is 0 Å². The van der Waals surface area contributed by atoms with Gasteiger partial charge in [0.1, 0.15) is 28.9 Å². The zero-order valence-corrected chi connectivity index (χ0v) is 25.9. The van der Waals surface area contributed by atoms with Crippen molar-refractivity contribution in [2.24, 2.45) is 0 Å². The van der Waals surface area contributed by atoms with Gasteiger partial charge in [-0.1, -0.05) is 24.3 Å². The van der Waals surface area contributed by atoms with E-state index in [1.54, 1.807) is 25.5 Å². The summed E-state index contributed by atoms with van der Waals surface area (Å²) in [7, 11) is 1.84.